The summed E-state index contributed by atoms with van der Waals surface area (Å²) in [6.07, 6.45) is 0. The van der Waals surface area contributed by atoms with Crippen LogP contribution in [0.5, 0.6) is 11.5 Å². The number of rotatable bonds is 4. The summed E-state index contributed by atoms with van der Waals surface area (Å²) in [5.41, 5.74) is 0.209. The van der Waals surface area contributed by atoms with Gasteiger partial charge in [0.05, 0.1) is 20.0 Å². The molecule has 96 valence electrons. The summed E-state index contributed by atoms with van der Waals surface area (Å²) in [7, 11) is 3.92. The lowest BCUT2D eigenvalue weighted by Crippen LogP contribution is -2.03. The zero-order valence-corrected chi connectivity index (χ0v) is 12.1. The number of methoxy groups -OCH3 is 2. The molecule has 0 unspecified atom stereocenters. The zero-order valence-electron chi connectivity index (χ0n) is 8.96. The van der Waals surface area contributed by atoms with Crippen molar-refractivity contribution in [3.63, 3.8) is 0 Å². The van der Waals surface area contributed by atoms with Crippen LogP contribution in [0.2, 0.25) is 0 Å². The minimum atomic E-state index is -3.79. The van der Waals surface area contributed by atoms with Gasteiger partial charge in [0.25, 0.3) is 0 Å². The van der Waals surface area contributed by atoms with Crippen molar-refractivity contribution in [2.45, 2.75) is 5.75 Å². The van der Waals surface area contributed by atoms with Gasteiger partial charge in [0, 0.05) is 20.7 Å². The molecule has 0 heterocycles. The van der Waals surface area contributed by atoms with Gasteiger partial charge in [-0.05, 0) is 6.07 Å². The molecule has 1 aromatic carbocycles. The fourth-order valence-corrected chi connectivity index (χ4v) is 3.00. The number of hydrogen-bond acceptors (Lipinski definition) is 4. The normalized spacial score (nSPS) is 11.4. The molecule has 4 nitrogen and oxygen atoms in total. The molecule has 0 atom stereocenters. The maximum atomic E-state index is 13.5. The fourth-order valence-electron chi connectivity index (χ4n) is 1.33. The molecule has 0 spiro atoms. The van der Waals surface area contributed by atoms with E-state index < -0.39 is 20.6 Å². The SMILES string of the molecule is COc1c(F)cc(Br)c(CS(=O)(=O)Cl)c1OC. The molecule has 0 saturated carbocycles. The minimum Gasteiger partial charge on any atom is -0.492 e. The van der Waals surface area contributed by atoms with Crippen LogP contribution in [0.1, 0.15) is 5.56 Å². The Bertz CT molecular complexity index is 532. The predicted molar refractivity (Wildman–Crippen MR) is 65.7 cm³/mol. The van der Waals surface area contributed by atoms with Crippen molar-refractivity contribution >= 4 is 35.7 Å². The topological polar surface area (TPSA) is 52.6 Å². The largest absolute Gasteiger partial charge is 0.492 e. The second kappa shape index (κ2) is 5.41. The maximum Gasteiger partial charge on any atom is 0.236 e. The van der Waals surface area contributed by atoms with E-state index in [0.29, 0.717) is 0 Å². The van der Waals surface area contributed by atoms with Crippen LogP contribution in [-0.4, -0.2) is 22.6 Å². The molecule has 0 aliphatic carbocycles. The average Bonchev–Trinajstić information content (AvgIpc) is 2.19. The number of ether oxygens (including phenoxy) is 2. The monoisotopic (exact) mass is 346 g/mol. The van der Waals surface area contributed by atoms with E-state index in [2.05, 4.69) is 15.9 Å². The van der Waals surface area contributed by atoms with Gasteiger partial charge in [0.15, 0.2) is 17.3 Å². The van der Waals surface area contributed by atoms with E-state index in [1.54, 1.807) is 0 Å². The lowest BCUT2D eigenvalue weighted by molar-refractivity contribution is 0.335. The quantitative estimate of drug-likeness (QED) is 0.786. The Morgan fingerprint density at radius 3 is 2.29 bits per heavy atom. The van der Waals surface area contributed by atoms with Gasteiger partial charge in [-0.3, -0.25) is 0 Å². The summed E-state index contributed by atoms with van der Waals surface area (Å²) < 4.78 is 45.6. The van der Waals surface area contributed by atoms with Crippen LogP contribution < -0.4 is 9.47 Å². The van der Waals surface area contributed by atoms with E-state index >= 15 is 0 Å². The van der Waals surface area contributed by atoms with Crippen LogP contribution >= 0.6 is 26.6 Å². The van der Waals surface area contributed by atoms with Crippen molar-refractivity contribution in [1.29, 1.82) is 0 Å². The van der Waals surface area contributed by atoms with Crippen molar-refractivity contribution in [1.82, 2.24) is 0 Å². The van der Waals surface area contributed by atoms with Gasteiger partial charge in [-0.15, -0.1) is 0 Å². The number of halogens is 3. The van der Waals surface area contributed by atoms with Gasteiger partial charge in [-0.1, -0.05) is 15.9 Å². The molecule has 0 amide bonds. The first-order valence-corrected chi connectivity index (χ1v) is 7.58. The second-order valence-corrected chi connectivity index (χ2v) is 6.70. The lowest BCUT2D eigenvalue weighted by atomic mass is 10.2. The van der Waals surface area contributed by atoms with E-state index in [9.17, 15) is 12.8 Å². The maximum absolute atomic E-state index is 13.5. The summed E-state index contributed by atoms with van der Waals surface area (Å²) in [4.78, 5) is 0. The van der Waals surface area contributed by atoms with Crippen molar-refractivity contribution in [3.8, 4) is 11.5 Å². The summed E-state index contributed by atoms with van der Waals surface area (Å²) in [6, 6.07) is 1.10. The van der Waals surface area contributed by atoms with Gasteiger partial charge in [-0.2, -0.15) is 0 Å². The minimum absolute atomic E-state index is 0.00333. The molecule has 1 aromatic rings. The molecular formula is C9H9BrClFO4S. The van der Waals surface area contributed by atoms with Crippen molar-refractivity contribution in [2.24, 2.45) is 0 Å². The van der Waals surface area contributed by atoms with Crippen molar-refractivity contribution in [3.05, 3.63) is 21.9 Å². The third kappa shape index (κ3) is 3.46. The highest BCUT2D eigenvalue weighted by molar-refractivity contribution is 9.10. The molecular weight excluding hydrogens is 339 g/mol. The Morgan fingerprint density at radius 2 is 1.88 bits per heavy atom. The Morgan fingerprint density at radius 1 is 1.35 bits per heavy atom. The second-order valence-electron chi connectivity index (χ2n) is 3.07. The number of hydrogen-bond donors (Lipinski definition) is 0. The Balaban J connectivity index is 3.47. The zero-order chi connectivity index (χ0) is 13.2. The first-order valence-electron chi connectivity index (χ1n) is 4.31. The Hall–Kier alpha value is -0.530. The summed E-state index contributed by atoms with van der Waals surface area (Å²) in [5, 5.41) is 0. The van der Waals surface area contributed by atoms with Crippen molar-refractivity contribution < 1.29 is 22.3 Å². The van der Waals surface area contributed by atoms with E-state index in [-0.39, 0.29) is 21.5 Å². The van der Waals surface area contributed by atoms with Crippen LogP contribution in [0.4, 0.5) is 4.39 Å². The highest BCUT2D eigenvalue weighted by Crippen LogP contribution is 2.39. The predicted octanol–water partition coefficient (Wildman–Crippen LogP) is 2.67. The first kappa shape index (κ1) is 14.5. The highest BCUT2D eigenvalue weighted by Gasteiger charge is 2.22. The molecule has 0 fully saturated rings. The van der Waals surface area contributed by atoms with Crippen LogP contribution in [0.25, 0.3) is 0 Å². The summed E-state index contributed by atoms with van der Waals surface area (Å²) in [5.74, 6) is -1.31. The van der Waals surface area contributed by atoms with Gasteiger partial charge in [0.1, 0.15) is 0 Å². The van der Waals surface area contributed by atoms with E-state index in [0.717, 1.165) is 6.07 Å². The third-order valence-electron chi connectivity index (χ3n) is 1.96. The molecule has 0 N–H and O–H groups in total. The van der Waals surface area contributed by atoms with Crippen molar-refractivity contribution in [2.75, 3.05) is 14.2 Å². The fraction of sp³-hybridized carbons (Fsp3) is 0.333. The summed E-state index contributed by atoms with van der Waals surface area (Å²) >= 11 is 3.06. The molecule has 0 aliphatic heterocycles. The van der Waals surface area contributed by atoms with Gasteiger partial charge in [0.2, 0.25) is 9.05 Å². The highest BCUT2D eigenvalue weighted by atomic mass is 79.9. The third-order valence-corrected chi connectivity index (χ3v) is 3.63. The molecule has 0 saturated heterocycles. The smallest absolute Gasteiger partial charge is 0.236 e. The molecule has 0 aliphatic rings. The van der Waals surface area contributed by atoms with E-state index in [1.165, 1.54) is 14.2 Å². The van der Waals surface area contributed by atoms with Gasteiger partial charge < -0.3 is 9.47 Å². The standard InChI is InChI=1S/C9H9BrClFO4S/c1-15-8-5(4-17(11,13)14)6(10)3-7(12)9(8)16-2/h3H,4H2,1-2H3. The van der Waals surface area contributed by atoms with Crippen LogP contribution in [-0.2, 0) is 14.8 Å². The van der Waals surface area contributed by atoms with Gasteiger partial charge >= 0.3 is 0 Å². The Kier molecular flexibility index (Phi) is 4.62. The van der Waals surface area contributed by atoms with E-state index in [1.807, 2.05) is 0 Å². The van der Waals surface area contributed by atoms with Gasteiger partial charge in [-0.25, -0.2) is 12.8 Å². The lowest BCUT2D eigenvalue weighted by Gasteiger charge is -2.14. The summed E-state index contributed by atoms with van der Waals surface area (Å²) in [6.45, 7) is 0. The molecule has 1 rings (SSSR count). The first-order chi connectivity index (χ1) is 7.80. The molecule has 0 radical (unpaired) electrons. The average molecular weight is 348 g/mol. The Labute approximate surface area is 111 Å². The molecule has 8 heteroatoms. The molecule has 17 heavy (non-hydrogen) atoms. The van der Waals surface area contributed by atoms with Crippen LogP contribution in [0.15, 0.2) is 10.5 Å². The van der Waals surface area contributed by atoms with Crippen LogP contribution in [0.3, 0.4) is 0 Å². The van der Waals surface area contributed by atoms with E-state index in [4.69, 9.17) is 20.2 Å². The number of benzene rings is 1. The van der Waals surface area contributed by atoms with Crippen LogP contribution in [0, 0.1) is 5.82 Å². The molecule has 0 aromatic heterocycles. The molecule has 0 bridgehead atoms.